The summed E-state index contributed by atoms with van der Waals surface area (Å²) >= 11 is 3.60. The monoisotopic (exact) mass is 289 g/mol. The Balaban J connectivity index is 2.21. The van der Waals surface area contributed by atoms with Gasteiger partial charge in [-0.3, -0.25) is 0 Å². The topological polar surface area (TPSA) is 26.0 Å². The number of hydrogen-bond acceptors (Lipinski definition) is 1. The van der Waals surface area contributed by atoms with Crippen molar-refractivity contribution in [3.05, 3.63) is 70.2 Å². The van der Waals surface area contributed by atoms with Gasteiger partial charge in [0.1, 0.15) is 0 Å². The third-order valence-corrected chi connectivity index (χ3v) is 3.68. The minimum absolute atomic E-state index is 0.368. The van der Waals surface area contributed by atoms with Gasteiger partial charge in [-0.15, -0.1) is 0 Å². The Labute approximate surface area is 111 Å². The Morgan fingerprint density at radius 2 is 1.59 bits per heavy atom. The molecule has 1 nitrogen and oxygen atoms in total. The molecular formula is C15H16BrN. The quantitative estimate of drug-likeness (QED) is 0.912. The Hall–Kier alpha value is -1.12. The summed E-state index contributed by atoms with van der Waals surface area (Å²) in [6.45, 7) is 0.664. The van der Waals surface area contributed by atoms with Crippen molar-refractivity contribution in [2.75, 3.05) is 6.54 Å². The van der Waals surface area contributed by atoms with Gasteiger partial charge in [0, 0.05) is 10.4 Å². The first kappa shape index (κ1) is 12.3. The van der Waals surface area contributed by atoms with Crippen LogP contribution in [0, 0.1) is 0 Å². The van der Waals surface area contributed by atoms with Crippen LogP contribution in [-0.4, -0.2) is 6.54 Å². The van der Waals surface area contributed by atoms with E-state index in [1.807, 2.05) is 12.1 Å². The van der Waals surface area contributed by atoms with Crippen molar-refractivity contribution >= 4 is 15.9 Å². The third-order valence-electron chi connectivity index (χ3n) is 2.95. The molecule has 0 spiro atoms. The number of hydrogen-bond donors (Lipinski definition) is 1. The van der Waals surface area contributed by atoms with Crippen LogP contribution in [0.1, 0.15) is 17.0 Å². The largest absolute Gasteiger partial charge is 0.330 e. The lowest BCUT2D eigenvalue weighted by atomic mass is 9.92. The lowest BCUT2D eigenvalue weighted by Gasteiger charge is -2.16. The van der Waals surface area contributed by atoms with Gasteiger partial charge < -0.3 is 5.73 Å². The highest BCUT2D eigenvalue weighted by Gasteiger charge is 2.12. The van der Waals surface area contributed by atoms with E-state index in [-0.39, 0.29) is 0 Å². The highest BCUT2D eigenvalue weighted by Crippen LogP contribution is 2.26. The molecule has 1 unspecified atom stereocenters. The van der Waals surface area contributed by atoms with Gasteiger partial charge in [-0.05, 0) is 30.2 Å². The van der Waals surface area contributed by atoms with Gasteiger partial charge in [0.05, 0.1) is 0 Å². The summed E-state index contributed by atoms with van der Waals surface area (Å²) in [4.78, 5) is 0. The van der Waals surface area contributed by atoms with E-state index in [0.717, 1.165) is 10.9 Å². The maximum absolute atomic E-state index is 5.90. The average Bonchev–Trinajstić information content (AvgIpc) is 2.38. The van der Waals surface area contributed by atoms with E-state index in [2.05, 4.69) is 58.4 Å². The molecule has 0 saturated heterocycles. The fraction of sp³-hybridized carbons (Fsp3) is 0.200. The van der Waals surface area contributed by atoms with Crippen LogP contribution in [0.2, 0.25) is 0 Å². The summed E-state index contributed by atoms with van der Waals surface area (Å²) in [5, 5.41) is 0. The lowest BCUT2D eigenvalue weighted by Crippen LogP contribution is -2.15. The lowest BCUT2D eigenvalue weighted by molar-refractivity contribution is 0.691. The second-order valence-corrected chi connectivity index (χ2v) is 5.00. The molecule has 2 aromatic carbocycles. The molecule has 0 aliphatic rings. The highest BCUT2D eigenvalue weighted by atomic mass is 79.9. The first-order valence-electron chi connectivity index (χ1n) is 5.79. The fourth-order valence-electron chi connectivity index (χ4n) is 2.03. The maximum atomic E-state index is 5.90. The zero-order valence-corrected chi connectivity index (χ0v) is 11.2. The Kier molecular flexibility index (Phi) is 4.35. The van der Waals surface area contributed by atoms with Crippen LogP contribution in [0.5, 0.6) is 0 Å². The molecule has 0 aliphatic heterocycles. The zero-order chi connectivity index (χ0) is 12.1. The summed E-state index contributed by atoms with van der Waals surface area (Å²) in [6.07, 6.45) is 0.986. The Morgan fingerprint density at radius 1 is 0.941 bits per heavy atom. The van der Waals surface area contributed by atoms with E-state index in [9.17, 15) is 0 Å². The molecule has 0 saturated carbocycles. The number of nitrogens with two attached hydrogens (primary N) is 1. The first-order valence-corrected chi connectivity index (χ1v) is 6.59. The molecular weight excluding hydrogens is 274 g/mol. The third kappa shape index (κ3) is 3.18. The molecule has 0 bridgehead atoms. The molecule has 1 atom stereocenters. The minimum Gasteiger partial charge on any atom is -0.330 e. The normalized spacial score (nSPS) is 12.4. The van der Waals surface area contributed by atoms with Crippen molar-refractivity contribution in [1.82, 2.24) is 0 Å². The average molecular weight is 290 g/mol. The summed E-state index contributed by atoms with van der Waals surface area (Å²) in [6, 6.07) is 18.8. The van der Waals surface area contributed by atoms with E-state index >= 15 is 0 Å². The van der Waals surface area contributed by atoms with Crippen molar-refractivity contribution in [3.63, 3.8) is 0 Å². The van der Waals surface area contributed by atoms with Crippen LogP contribution in [0.25, 0.3) is 0 Å². The van der Waals surface area contributed by atoms with Crippen molar-refractivity contribution < 1.29 is 0 Å². The van der Waals surface area contributed by atoms with Gasteiger partial charge in [0.25, 0.3) is 0 Å². The van der Waals surface area contributed by atoms with E-state index in [4.69, 9.17) is 5.73 Å². The van der Waals surface area contributed by atoms with Gasteiger partial charge in [-0.1, -0.05) is 64.5 Å². The highest BCUT2D eigenvalue weighted by molar-refractivity contribution is 9.10. The fourth-order valence-corrected chi connectivity index (χ4v) is 2.63. The van der Waals surface area contributed by atoms with Crippen LogP contribution in [0.15, 0.2) is 59.1 Å². The van der Waals surface area contributed by atoms with Crippen LogP contribution < -0.4 is 5.73 Å². The van der Waals surface area contributed by atoms with Crippen LogP contribution in [0.3, 0.4) is 0 Å². The molecule has 0 aliphatic carbocycles. The zero-order valence-electron chi connectivity index (χ0n) is 9.64. The second kappa shape index (κ2) is 5.99. The van der Waals surface area contributed by atoms with E-state index < -0.39 is 0 Å². The van der Waals surface area contributed by atoms with Crippen LogP contribution >= 0.6 is 15.9 Å². The molecule has 2 N–H and O–H groups in total. The molecule has 0 heterocycles. The molecule has 0 aromatic heterocycles. The molecule has 0 radical (unpaired) electrons. The molecule has 17 heavy (non-hydrogen) atoms. The summed E-state index contributed by atoms with van der Waals surface area (Å²) in [5.41, 5.74) is 8.52. The minimum atomic E-state index is 0.368. The maximum Gasteiger partial charge on any atom is 0.0210 e. The smallest absolute Gasteiger partial charge is 0.0210 e. The van der Waals surface area contributed by atoms with Crippen molar-refractivity contribution in [3.8, 4) is 0 Å². The van der Waals surface area contributed by atoms with Gasteiger partial charge in [-0.2, -0.15) is 0 Å². The van der Waals surface area contributed by atoms with E-state index in [1.165, 1.54) is 11.1 Å². The standard InChI is InChI=1S/C15H16BrN/c16-15-9-5-4-8-14(15)13(11-17)10-12-6-2-1-3-7-12/h1-9,13H,10-11,17H2. The summed E-state index contributed by atoms with van der Waals surface area (Å²) in [5.74, 6) is 0.368. The molecule has 2 heteroatoms. The van der Waals surface area contributed by atoms with Gasteiger partial charge in [0.2, 0.25) is 0 Å². The Morgan fingerprint density at radius 3 is 2.24 bits per heavy atom. The predicted molar refractivity (Wildman–Crippen MR) is 76.1 cm³/mol. The van der Waals surface area contributed by atoms with Crippen molar-refractivity contribution in [1.29, 1.82) is 0 Å². The molecule has 88 valence electrons. The van der Waals surface area contributed by atoms with Gasteiger partial charge in [-0.25, -0.2) is 0 Å². The van der Waals surface area contributed by atoms with Gasteiger partial charge in [0.15, 0.2) is 0 Å². The molecule has 0 amide bonds. The number of benzene rings is 2. The molecule has 2 rings (SSSR count). The molecule has 2 aromatic rings. The van der Waals surface area contributed by atoms with Gasteiger partial charge >= 0.3 is 0 Å². The number of rotatable bonds is 4. The predicted octanol–water partition coefficient (Wildman–Crippen LogP) is 3.73. The SMILES string of the molecule is NCC(Cc1ccccc1)c1ccccc1Br. The number of halogens is 1. The van der Waals surface area contributed by atoms with Crippen LogP contribution in [0.4, 0.5) is 0 Å². The summed E-state index contributed by atoms with van der Waals surface area (Å²) < 4.78 is 1.14. The molecule has 0 fully saturated rings. The second-order valence-electron chi connectivity index (χ2n) is 4.14. The summed E-state index contributed by atoms with van der Waals surface area (Å²) in [7, 11) is 0. The van der Waals surface area contributed by atoms with Crippen molar-refractivity contribution in [2.24, 2.45) is 5.73 Å². The van der Waals surface area contributed by atoms with E-state index in [1.54, 1.807) is 0 Å². The first-order chi connectivity index (χ1) is 8.31. The van der Waals surface area contributed by atoms with Crippen molar-refractivity contribution in [2.45, 2.75) is 12.3 Å². The van der Waals surface area contributed by atoms with E-state index in [0.29, 0.717) is 12.5 Å². The van der Waals surface area contributed by atoms with Crippen LogP contribution in [-0.2, 0) is 6.42 Å². The Bertz CT molecular complexity index is 467.